The first kappa shape index (κ1) is 19.8. The van der Waals surface area contributed by atoms with Crippen LogP contribution in [-0.2, 0) is 11.2 Å². The Morgan fingerprint density at radius 3 is 2.80 bits per heavy atom. The SMILES string of the molecule is CC1CCN(C(=O)Cc2coc(-c3ccc(Cl)cc3)n2)C(CN)C1.Cl. The van der Waals surface area contributed by atoms with Crippen LogP contribution in [0.2, 0.25) is 5.02 Å². The van der Waals surface area contributed by atoms with E-state index in [2.05, 4.69) is 11.9 Å². The molecule has 2 unspecified atom stereocenters. The topological polar surface area (TPSA) is 72.4 Å². The summed E-state index contributed by atoms with van der Waals surface area (Å²) in [4.78, 5) is 18.9. The number of nitrogens with zero attached hydrogens (tertiary/aromatic N) is 2. The van der Waals surface area contributed by atoms with E-state index >= 15 is 0 Å². The summed E-state index contributed by atoms with van der Waals surface area (Å²) in [7, 11) is 0. The number of nitrogens with two attached hydrogens (primary N) is 1. The normalized spacial score (nSPS) is 20.2. The zero-order valence-corrected chi connectivity index (χ0v) is 15.7. The van der Waals surface area contributed by atoms with Crippen LogP contribution in [0.5, 0.6) is 0 Å². The molecular weight excluding hydrogens is 361 g/mol. The van der Waals surface area contributed by atoms with Crippen molar-refractivity contribution in [3.8, 4) is 11.5 Å². The molecule has 136 valence electrons. The Morgan fingerprint density at radius 1 is 1.40 bits per heavy atom. The lowest BCUT2D eigenvalue weighted by molar-refractivity contribution is -0.134. The molecule has 0 radical (unpaired) electrons. The maximum atomic E-state index is 12.6. The summed E-state index contributed by atoms with van der Waals surface area (Å²) in [6, 6.07) is 7.38. The zero-order chi connectivity index (χ0) is 17.1. The van der Waals surface area contributed by atoms with Crippen molar-refractivity contribution in [3.63, 3.8) is 0 Å². The number of likely N-dealkylation sites (tertiary alicyclic amines) is 1. The molecule has 0 aliphatic carbocycles. The van der Waals surface area contributed by atoms with Crippen molar-refractivity contribution in [1.82, 2.24) is 9.88 Å². The Labute approximate surface area is 158 Å². The summed E-state index contributed by atoms with van der Waals surface area (Å²) >= 11 is 5.89. The zero-order valence-electron chi connectivity index (χ0n) is 14.2. The van der Waals surface area contributed by atoms with Gasteiger partial charge in [0.15, 0.2) is 0 Å². The van der Waals surface area contributed by atoms with Gasteiger partial charge in [-0.1, -0.05) is 18.5 Å². The second-order valence-corrected chi connectivity index (χ2v) is 6.87. The van der Waals surface area contributed by atoms with Crippen LogP contribution < -0.4 is 5.73 Å². The summed E-state index contributed by atoms with van der Waals surface area (Å²) in [6.07, 6.45) is 3.78. The summed E-state index contributed by atoms with van der Waals surface area (Å²) in [5.41, 5.74) is 7.32. The van der Waals surface area contributed by atoms with Gasteiger partial charge < -0.3 is 15.1 Å². The van der Waals surface area contributed by atoms with Crippen molar-refractivity contribution in [3.05, 3.63) is 41.2 Å². The van der Waals surface area contributed by atoms with E-state index in [4.69, 9.17) is 21.8 Å². The third-order valence-electron chi connectivity index (χ3n) is 4.55. The molecule has 1 saturated heterocycles. The molecule has 1 aromatic carbocycles. The number of hydrogen-bond acceptors (Lipinski definition) is 4. The van der Waals surface area contributed by atoms with Crippen molar-refractivity contribution in [2.75, 3.05) is 13.1 Å². The van der Waals surface area contributed by atoms with Crippen LogP contribution in [0.25, 0.3) is 11.5 Å². The van der Waals surface area contributed by atoms with Crippen LogP contribution in [0.4, 0.5) is 0 Å². The lowest BCUT2D eigenvalue weighted by atomic mass is 9.92. The van der Waals surface area contributed by atoms with E-state index in [1.54, 1.807) is 18.4 Å². The van der Waals surface area contributed by atoms with Crippen LogP contribution in [-0.4, -0.2) is 34.9 Å². The number of halogens is 2. The van der Waals surface area contributed by atoms with Crippen LogP contribution >= 0.6 is 24.0 Å². The standard InChI is InChI=1S/C18H22ClN3O2.ClH/c1-12-6-7-22(16(8-12)10-20)17(23)9-15-11-24-18(21-15)13-2-4-14(19)5-3-13;/h2-5,11-12,16H,6-10,20H2,1H3;1H. The first-order valence-electron chi connectivity index (χ1n) is 8.26. The third-order valence-corrected chi connectivity index (χ3v) is 4.80. The molecular formula is C18H23Cl2N3O2. The molecule has 5 nitrogen and oxygen atoms in total. The molecule has 1 aliphatic rings. The Balaban J connectivity index is 0.00000225. The predicted molar refractivity (Wildman–Crippen MR) is 101 cm³/mol. The van der Waals surface area contributed by atoms with Crippen LogP contribution in [0.3, 0.4) is 0 Å². The van der Waals surface area contributed by atoms with Crippen molar-refractivity contribution in [1.29, 1.82) is 0 Å². The smallest absolute Gasteiger partial charge is 0.229 e. The summed E-state index contributed by atoms with van der Waals surface area (Å²) in [6.45, 7) is 3.48. The monoisotopic (exact) mass is 383 g/mol. The Morgan fingerprint density at radius 2 is 2.12 bits per heavy atom. The first-order valence-corrected chi connectivity index (χ1v) is 8.64. The van der Waals surface area contributed by atoms with E-state index in [9.17, 15) is 4.79 Å². The minimum absolute atomic E-state index is 0. The van der Waals surface area contributed by atoms with Gasteiger partial charge in [0, 0.05) is 29.7 Å². The molecule has 7 heteroatoms. The minimum Gasteiger partial charge on any atom is -0.444 e. The lowest BCUT2D eigenvalue weighted by Gasteiger charge is -2.38. The van der Waals surface area contributed by atoms with Crippen molar-refractivity contribution in [2.45, 2.75) is 32.2 Å². The largest absolute Gasteiger partial charge is 0.444 e. The van der Waals surface area contributed by atoms with E-state index < -0.39 is 0 Å². The fourth-order valence-electron chi connectivity index (χ4n) is 3.17. The van der Waals surface area contributed by atoms with Gasteiger partial charge in [-0.25, -0.2) is 4.98 Å². The number of amides is 1. The van der Waals surface area contributed by atoms with Crippen LogP contribution in [0, 0.1) is 5.92 Å². The van der Waals surface area contributed by atoms with E-state index in [-0.39, 0.29) is 30.8 Å². The van der Waals surface area contributed by atoms with Gasteiger partial charge in [0.2, 0.25) is 11.8 Å². The Kier molecular flexibility index (Phi) is 6.87. The highest BCUT2D eigenvalue weighted by molar-refractivity contribution is 6.30. The minimum atomic E-state index is 0. The average molecular weight is 384 g/mol. The number of benzene rings is 1. The molecule has 2 N–H and O–H groups in total. The van der Waals surface area contributed by atoms with Gasteiger partial charge in [-0.3, -0.25) is 4.79 Å². The van der Waals surface area contributed by atoms with Gasteiger partial charge in [0.25, 0.3) is 0 Å². The van der Waals surface area contributed by atoms with E-state index in [1.807, 2.05) is 17.0 Å². The summed E-state index contributed by atoms with van der Waals surface area (Å²) in [5, 5.41) is 0.660. The molecule has 0 saturated carbocycles. The number of carbonyl (C=O) groups excluding carboxylic acids is 1. The van der Waals surface area contributed by atoms with Gasteiger partial charge in [-0.05, 0) is 43.0 Å². The predicted octanol–water partition coefficient (Wildman–Crippen LogP) is 3.55. The molecule has 1 aromatic heterocycles. The number of aromatic nitrogens is 1. The third kappa shape index (κ3) is 4.75. The molecule has 1 aliphatic heterocycles. The molecule has 2 atom stereocenters. The highest BCUT2D eigenvalue weighted by Gasteiger charge is 2.29. The fourth-order valence-corrected chi connectivity index (χ4v) is 3.30. The summed E-state index contributed by atoms with van der Waals surface area (Å²) in [5.74, 6) is 1.18. The number of carbonyl (C=O) groups is 1. The maximum Gasteiger partial charge on any atom is 0.229 e. The number of piperidine rings is 1. The highest BCUT2D eigenvalue weighted by Crippen LogP contribution is 2.24. The first-order chi connectivity index (χ1) is 11.6. The van der Waals surface area contributed by atoms with Gasteiger partial charge in [-0.2, -0.15) is 0 Å². The van der Waals surface area contributed by atoms with Crippen molar-refractivity contribution in [2.24, 2.45) is 11.7 Å². The molecule has 2 aromatic rings. The lowest BCUT2D eigenvalue weighted by Crippen LogP contribution is -2.49. The fraction of sp³-hybridized carbons (Fsp3) is 0.444. The molecule has 0 spiro atoms. The second kappa shape index (κ2) is 8.70. The average Bonchev–Trinajstić information content (AvgIpc) is 3.03. The Bertz CT molecular complexity index is 703. The Hall–Kier alpha value is -1.56. The van der Waals surface area contributed by atoms with Gasteiger partial charge in [0.1, 0.15) is 6.26 Å². The molecule has 1 fully saturated rings. The molecule has 3 rings (SSSR count). The van der Waals surface area contributed by atoms with E-state index in [1.165, 1.54) is 0 Å². The van der Waals surface area contributed by atoms with Gasteiger partial charge in [0.05, 0.1) is 12.1 Å². The maximum absolute atomic E-state index is 12.6. The highest BCUT2D eigenvalue weighted by atomic mass is 35.5. The summed E-state index contributed by atoms with van der Waals surface area (Å²) < 4.78 is 5.50. The van der Waals surface area contributed by atoms with Crippen LogP contribution in [0.15, 0.2) is 34.9 Å². The van der Waals surface area contributed by atoms with Gasteiger partial charge >= 0.3 is 0 Å². The molecule has 2 heterocycles. The number of hydrogen-bond donors (Lipinski definition) is 1. The van der Waals surface area contributed by atoms with Crippen molar-refractivity contribution >= 4 is 29.9 Å². The van der Waals surface area contributed by atoms with E-state index in [0.29, 0.717) is 29.1 Å². The van der Waals surface area contributed by atoms with E-state index in [0.717, 1.165) is 24.9 Å². The number of rotatable bonds is 4. The molecule has 25 heavy (non-hydrogen) atoms. The molecule has 0 bridgehead atoms. The van der Waals surface area contributed by atoms with Crippen LogP contribution in [0.1, 0.15) is 25.5 Å². The quantitative estimate of drug-likeness (QED) is 0.875. The van der Waals surface area contributed by atoms with Crippen molar-refractivity contribution < 1.29 is 9.21 Å². The molecule has 1 amide bonds. The van der Waals surface area contributed by atoms with Gasteiger partial charge in [-0.15, -0.1) is 12.4 Å². The number of oxazole rings is 1. The second-order valence-electron chi connectivity index (χ2n) is 6.43.